The lowest BCUT2D eigenvalue weighted by Crippen LogP contribution is -2.27. The van der Waals surface area contributed by atoms with Crippen LogP contribution in [0.5, 0.6) is 5.75 Å². The van der Waals surface area contributed by atoms with Gasteiger partial charge in [0.2, 0.25) is 0 Å². The minimum Gasteiger partial charge on any atom is -0.464 e. The SMILES string of the molecule is CCOC(=O)[C@H](C)OP(=O)(CCNOC(C)=O)Oc1c(C)cccc1C. The van der Waals surface area contributed by atoms with E-state index in [2.05, 4.69) is 10.3 Å². The molecule has 0 amide bonds. The first-order valence-corrected chi connectivity index (χ1v) is 10.0. The Morgan fingerprint density at radius 1 is 1.23 bits per heavy atom. The number of esters is 1. The van der Waals surface area contributed by atoms with Gasteiger partial charge in [-0.1, -0.05) is 18.2 Å². The lowest BCUT2D eigenvalue weighted by atomic mass is 10.1. The second kappa shape index (κ2) is 10.3. The highest BCUT2D eigenvalue weighted by molar-refractivity contribution is 7.54. The fourth-order valence-electron chi connectivity index (χ4n) is 2.08. The van der Waals surface area contributed by atoms with Gasteiger partial charge in [0.25, 0.3) is 0 Å². The summed E-state index contributed by atoms with van der Waals surface area (Å²) in [5.41, 5.74) is 3.95. The van der Waals surface area contributed by atoms with Crippen LogP contribution < -0.4 is 10.0 Å². The molecule has 0 saturated carbocycles. The first-order valence-electron chi connectivity index (χ1n) is 8.28. The molecule has 0 heterocycles. The predicted octanol–water partition coefficient (Wildman–Crippen LogP) is 2.91. The Balaban J connectivity index is 2.94. The molecule has 0 spiro atoms. The van der Waals surface area contributed by atoms with Gasteiger partial charge >= 0.3 is 19.5 Å². The van der Waals surface area contributed by atoms with Crippen LogP contribution in [0.4, 0.5) is 0 Å². The van der Waals surface area contributed by atoms with E-state index >= 15 is 0 Å². The summed E-state index contributed by atoms with van der Waals surface area (Å²) in [5, 5.41) is 0. The fourth-order valence-corrected chi connectivity index (χ4v) is 3.82. The van der Waals surface area contributed by atoms with E-state index in [1.165, 1.54) is 13.8 Å². The molecule has 0 saturated heterocycles. The third kappa shape index (κ3) is 7.15. The van der Waals surface area contributed by atoms with E-state index in [4.69, 9.17) is 13.8 Å². The maximum absolute atomic E-state index is 13.2. The summed E-state index contributed by atoms with van der Waals surface area (Å²) in [4.78, 5) is 27.2. The van der Waals surface area contributed by atoms with E-state index in [0.717, 1.165) is 11.1 Å². The third-order valence-corrected chi connectivity index (χ3v) is 5.15. The molecule has 0 aromatic heterocycles. The quantitative estimate of drug-likeness (QED) is 0.283. The van der Waals surface area contributed by atoms with Gasteiger partial charge in [-0.15, -0.1) is 0 Å². The molecular weight excluding hydrogens is 361 g/mol. The summed E-state index contributed by atoms with van der Waals surface area (Å²) >= 11 is 0. The van der Waals surface area contributed by atoms with Gasteiger partial charge in [0, 0.05) is 13.5 Å². The summed E-state index contributed by atoms with van der Waals surface area (Å²) in [6.45, 7) is 8.19. The highest BCUT2D eigenvalue weighted by Crippen LogP contribution is 2.50. The summed E-state index contributed by atoms with van der Waals surface area (Å²) in [6.07, 6.45) is -1.18. The van der Waals surface area contributed by atoms with E-state index in [1.54, 1.807) is 6.92 Å². The molecule has 0 aliphatic carbocycles. The molecule has 1 rings (SSSR count). The number of carbonyl (C=O) groups is 2. The Morgan fingerprint density at radius 2 is 1.85 bits per heavy atom. The Hall–Kier alpha value is -1.89. The van der Waals surface area contributed by atoms with Crippen molar-refractivity contribution in [1.82, 2.24) is 5.48 Å². The van der Waals surface area contributed by atoms with Gasteiger partial charge in [0.05, 0.1) is 12.8 Å². The van der Waals surface area contributed by atoms with Crippen LogP contribution in [0.15, 0.2) is 18.2 Å². The zero-order valence-corrected chi connectivity index (χ0v) is 16.6. The number of nitrogens with one attached hydrogen (secondary N) is 1. The van der Waals surface area contributed by atoms with E-state index in [-0.39, 0.29) is 19.3 Å². The van der Waals surface area contributed by atoms with Crippen LogP contribution in [-0.2, 0) is 28.3 Å². The molecule has 9 heteroatoms. The summed E-state index contributed by atoms with van der Waals surface area (Å²) in [7, 11) is -3.74. The number of para-hydroxylation sites is 1. The van der Waals surface area contributed by atoms with Gasteiger partial charge < -0.3 is 14.1 Å². The van der Waals surface area contributed by atoms with Gasteiger partial charge in [-0.05, 0) is 38.8 Å². The van der Waals surface area contributed by atoms with Gasteiger partial charge in [0.1, 0.15) is 5.75 Å². The molecule has 8 nitrogen and oxygen atoms in total. The number of carbonyl (C=O) groups excluding carboxylic acids is 2. The van der Waals surface area contributed by atoms with Crippen LogP contribution >= 0.6 is 7.60 Å². The van der Waals surface area contributed by atoms with Crippen molar-refractivity contribution in [1.29, 1.82) is 0 Å². The summed E-state index contributed by atoms with van der Waals surface area (Å²) in [6, 6.07) is 5.49. The topological polar surface area (TPSA) is 100 Å². The Labute approximate surface area is 153 Å². The highest BCUT2D eigenvalue weighted by atomic mass is 31.2. The fraction of sp³-hybridized carbons (Fsp3) is 0.529. The molecule has 0 radical (unpaired) electrons. The van der Waals surface area contributed by atoms with Crippen LogP contribution in [0.3, 0.4) is 0 Å². The van der Waals surface area contributed by atoms with Crippen molar-refractivity contribution in [3.8, 4) is 5.75 Å². The zero-order valence-electron chi connectivity index (χ0n) is 15.7. The number of benzene rings is 1. The van der Waals surface area contributed by atoms with E-state index in [9.17, 15) is 14.2 Å². The average Bonchev–Trinajstić information content (AvgIpc) is 2.55. The molecule has 0 fully saturated rings. The van der Waals surface area contributed by atoms with Crippen LogP contribution in [0.1, 0.15) is 31.9 Å². The second-order valence-corrected chi connectivity index (χ2v) is 7.70. The smallest absolute Gasteiger partial charge is 0.381 e. The van der Waals surface area contributed by atoms with Gasteiger partial charge in [-0.2, -0.15) is 5.48 Å². The Morgan fingerprint density at radius 3 is 2.38 bits per heavy atom. The van der Waals surface area contributed by atoms with Crippen LogP contribution in [0.25, 0.3) is 0 Å². The molecular formula is C17H26NO7P. The van der Waals surface area contributed by atoms with Crippen molar-refractivity contribution in [2.24, 2.45) is 0 Å². The van der Waals surface area contributed by atoms with Crippen molar-refractivity contribution in [2.45, 2.75) is 40.7 Å². The van der Waals surface area contributed by atoms with E-state index in [0.29, 0.717) is 5.75 Å². The van der Waals surface area contributed by atoms with E-state index in [1.807, 2.05) is 32.0 Å². The maximum Gasteiger partial charge on any atom is 0.381 e. The predicted molar refractivity (Wildman–Crippen MR) is 96.0 cm³/mol. The van der Waals surface area contributed by atoms with E-state index < -0.39 is 25.6 Å². The number of aryl methyl sites for hydroxylation is 2. The number of hydrogen-bond acceptors (Lipinski definition) is 8. The van der Waals surface area contributed by atoms with Crippen molar-refractivity contribution >= 4 is 19.5 Å². The summed E-state index contributed by atoms with van der Waals surface area (Å²) in [5.74, 6) is -0.735. The van der Waals surface area contributed by atoms with Crippen molar-refractivity contribution in [3.05, 3.63) is 29.3 Å². The lowest BCUT2D eigenvalue weighted by Gasteiger charge is -2.24. The van der Waals surface area contributed by atoms with Crippen LogP contribution in [0.2, 0.25) is 0 Å². The highest BCUT2D eigenvalue weighted by Gasteiger charge is 2.33. The van der Waals surface area contributed by atoms with Crippen molar-refractivity contribution < 1.29 is 32.8 Å². The largest absolute Gasteiger partial charge is 0.464 e. The maximum atomic E-state index is 13.2. The number of hydroxylamine groups is 1. The molecule has 1 unspecified atom stereocenters. The minimum atomic E-state index is -3.74. The summed E-state index contributed by atoms with van der Waals surface area (Å²) < 4.78 is 29.3. The molecule has 146 valence electrons. The first-order chi connectivity index (χ1) is 12.2. The van der Waals surface area contributed by atoms with Gasteiger partial charge in [-0.3, -0.25) is 9.32 Å². The second-order valence-electron chi connectivity index (χ2n) is 5.63. The Kier molecular flexibility index (Phi) is 8.78. The van der Waals surface area contributed by atoms with Crippen LogP contribution in [-0.4, -0.2) is 37.4 Å². The third-order valence-electron chi connectivity index (χ3n) is 3.28. The lowest BCUT2D eigenvalue weighted by molar-refractivity contribution is -0.150. The first kappa shape index (κ1) is 22.2. The molecule has 1 N–H and O–H groups in total. The molecule has 2 atom stereocenters. The molecule has 1 aromatic rings. The number of hydrogen-bond donors (Lipinski definition) is 1. The van der Waals surface area contributed by atoms with Crippen molar-refractivity contribution in [3.63, 3.8) is 0 Å². The Bertz CT molecular complexity index is 657. The standard InChI is InChI=1S/C17H26NO7P/c1-6-22-17(20)14(4)24-26(21,11-10-18-23-15(5)19)25-16-12(2)8-7-9-13(16)3/h7-9,14,18H,6,10-11H2,1-5H3/t14-,26?/m0/s1. The van der Waals surface area contributed by atoms with Crippen molar-refractivity contribution in [2.75, 3.05) is 19.3 Å². The molecule has 0 aliphatic heterocycles. The normalized spacial score (nSPS) is 14.2. The van der Waals surface area contributed by atoms with Gasteiger partial charge in [-0.25, -0.2) is 9.36 Å². The number of rotatable bonds is 10. The molecule has 26 heavy (non-hydrogen) atoms. The number of ether oxygens (including phenoxy) is 1. The molecule has 0 bridgehead atoms. The zero-order chi connectivity index (χ0) is 19.7. The van der Waals surface area contributed by atoms with Crippen LogP contribution in [0, 0.1) is 13.8 Å². The average molecular weight is 387 g/mol. The van der Waals surface area contributed by atoms with Gasteiger partial charge in [0.15, 0.2) is 6.10 Å². The molecule has 1 aromatic carbocycles. The minimum absolute atomic E-state index is 0.0251. The monoisotopic (exact) mass is 387 g/mol. The molecule has 0 aliphatic rings.